The third-order valence-corrected chi connectivity index (χ3v) is 3.36. The summed E-state index contributed by atoms with van der Waals surface area (Å²) in [6.07, 6.45) is 1.19. The Hall–Kier alpha value is -1.88. The molecule has 0 aliphatic rings. The highest BCUT2D eigenvalue weighted by Gasteiger charge is 2.21. The zero-order valence-corrected chi connectivity index (χ0v) is 12.8. The lowest BCUT2D eigenvalue weighted by molar-refractivity contribution is -0.125. The van der Waals surface area contributed by atoms with E-state index in [-0.39, 0.29) is 23.8 Å². The van der Waals surface area contributed by atoms with Gasteiger partial charge in [-0.2, -0.15) is 0 Å². The van der Waals surface area contributed by atoms with E-state index in [0.717, 1.165) is 12.0 Å². The van der Waals surface area contributed by atoms with Gasteiger partial charge >= 0.3 is 0 Å². The summed E-state index contributed by atoms with van der Waals surface area (Å²) in [6, 6.07) is 9.19. The number of hydrogen-bond donors (Lipinski definition) is 3. The van der Waals surface area contributed by atoms with Crippen molar-refractivity contribution < 1.29 is 9.59 Å². The van der Waals surface area contributed by atoms with E-state index in [4.69, 9.17) is 5.73 Å². The summed E-state index contributed by atoms with van der Waals surface area (Å²) >= 11 is 0. The minimum absolute atomic E-state index is 0.0443. The second-order valence-corrected chi connectivity index (χ2v) is 5.12. The Labute approximate surface area is 126 Å². The van der Waals surface area contributed by atoms with Crippen LogP contribution in [0.2, 0.25) is 0 Å². The summed E-state index contributed by atoms with van der Waals surface area (Å²) in [4.78, 5) is 23.5. The number of hydrogen-bond acceptors (Lipinski definition) is 3. The smallest absolute Gasteiger partial charge is 0.224 e. The van der Waals surface area contributed by atoms with Crippen LogP contribution in [0.25, 0.3) is 0 Å². The molecule has 1 aromatic rings. The molecular formula is C16H25N3O2. The summed E-state index contributed by atoms with van der Waals surface area (Å²) in [7, 11) is 0. The minimum Gasteiger partial charge on any atom is -0.356 e. The van der Waals surface area contributed by atoms with Gasteiger partial charge in [-0.25, -0.2) is 0 Å². The Kier molecular flexibility index (Phi) is 7.46. The molecule has 0 aromatic heterocycles. The normalized spacial score (nSPS) is 13.3. The first-order valence-electron chi connectivity index (χ1n) is 7.41. The molecule has 5 heteroatoms. The Morgan fingerprint density at radius 2 is 1.81 bits per heavy atom. The first-order valence-corrected chi connectivity index (χ1v) is 7.41. The Bertz CT molecular complexity index is 448. The van der Waals surface area contributed by atoms with Crippen molar-refractivity contribution in [2.75, 3.05) is 13.1 Å². The molecule has 0 radical (unpaired) electrons. The summed E-state index contributed by atoms with van der Waals surface area (Å²) < 4.78 is 0. The molecule has 0 aliphatic heterocycles. The van der Waals surface area contributed by atoms with E-state index in [2.05, 4.69) is 10.6 Å². The van der Waals surface area contributed by atoms with Crippen molar-refractivity contribution >= 4 is 11.8 Å². The van der Waals surface area contributed by atoms with Gasteiger partial charge in [0.25, 0.3) is 0 Å². The molecule has 0 heterocycles. The molecule has 0 spiro atoms. The monoisotopic (exact) mass is 291 g/mol. The van der Waals surface area contributed by atoms with E-state index in [0.29, 0.717) is 19.5 Å². The molecule has 0 saturated carbocycles. The maximum absolute atomic E-state index is 12.0. The second-order valence-electron chi connectivity index (χ2n) is 5.12. The van der Waals surface area contributed by atoms with Crippen LogP contribution in [0.15, 0.2) is 30.3 Å². The lowest BCUT2D eigenvalue weighted by Gasteiger charge is -2.19. The molecule has 5 nitrogen and oxygen atoms in total. The van der Waals surface area contributed by atoms with E-state index >= 15 is 0 Å². The van der Waals surface area contributed by atoms with Crippen LogP contribution in [0.3, 0.4) is 0 Å². The summed E-state index contributed by atoms with van der Waals surface area (Å²) in [5.41, 5.74) is 7.03. The lowest BCUT2D eigenvalue weighted by atomic mass is 9.95. The molecule has 2 amide bonds. The number of benzene rings is 1. The Morgan fingerprint density at radius 1 is 1.14 bits per heavy atom. The standard InChI is InChI=1S/C16H25N3O2/c1-3-10-18-14(20)9-11-19-16(21)12(2)15(17)13-7-5-4-6-8-13/h4-8,12,15H,3,9-11,17H2,1-2H3,(H,18,20)(H,19,21). The Morgan fingerprint density at radius 3 is 2.43 bits per heavy atom. The van der Waals surface area contributed by atoms with Gasteiger partial charge in [0.05, 0.1) is 5.92 Å². The van der Waals surface area contributed by atoms with E-state index in [9.17, 15) is 9.59 Å². The maximum atomic E-state index is 12.0. The predicted molar refractivity (Wildman–Crippen MR) is 83.5 cm³/mol. The van der Waals surface area contributed by atoms with E-state index in [1.165, 1.54) is 0 Å². The van der Waals surface area contributed by atoms with Crippen molar-refractivity contribution in [2.24, 2.45) is 11.7 Å². The molecule has 2 atom stereocenters. The zero-order valence-electron chi connectivity index (χ0n) is 12.8. The molecular weight excluding hydrogens is 266 g/mol. The molecule has 1 rings (SSSR count). The molecule has 4 N–H and O–H groups in total. The Balaban J connectivity index is 2.36. The fraction of sp³-hybridized carbons (Fsp3) is 0.500. The largest absolute Gasteiger partial charge is 0.356 e. The summed E-state index contributed by atoms with van der Waals surface area (Å²) in [6.45, 7) is 4.79. The second kappa shape index (κ2) is 9.13. The third kappa shape index (κ3) is 5.95. The van der Waals surface area contributed by atoms with Crippen molar-refractivity contribution in [1.29, 1.82) is 0 Å². The molecule has 1 aromatic carbocycles. The number of carbonyl (C=O) groups excluding carboxylic acids is 2. The van der Waals surface area contributed by atoms with E-state index in [1.807, 2.05) is 37.3 Å². The molecule has 0 aliphatic carbocycles. The number of nitrogens with two attached hydrogens (primary N) is 1. The van der Waals surface area contributed by atoms with E-state index in [1.54, 1.807) is 6.92 Å². The van der Waals surface area contributed by atoms with Crippen molar-refractivity contribution in [3.8, 4) is 0 Å². The first-order chi connectivity index (χ1) is 10.1. The SMILES string of the molecule is CCCNC(=O)CCNC(=O)C(C)C(N)c1ccccc1. The highest BCUT2D eigenvalue weighted by Crippen LogP contribution is 2.18. The highest BCUT2D eigenvalue weighted by molar-refractivity contribution is 5.80. The van der Waals surface area contributed by atoms with Gasteiger partial charge in [0.2, 0.25) is 11.8 Å². The van der Waals surface area contributed by atoms with E-state index < -0.39 is 0 Å². The van der Waals surface area contributed by atoms with Crippen LogP contribution in [0.1, 0.15) is 38.3 Å². The number of rotatable bonds is 8. The lowest BCUT2D eigenvalue weighted by Crippen LogP contribution is -2.37. The van der Waals surface area contributed by atoms with Gasteiger partial charge in [-0.15, -0.1) is 0 Å². The minimum atomic E-state index is -0.347. The van der Waals surface area contributed by atoms with Gasteiger partial charge in [-0.3, -0.25) is 9.59 Å². The fourth-order valence-corrected chi connectivity index (χ4v) is 1.94. The number of nitrogens with one attached hydrogen (secondary N) is 2. The van der Waals surface area contributed by atoms with Crippen LogP contribution >= 0.6 is 0 Å². The average Bonchev–Trinajstić information content (AvgIpc) is 2.52. The number of carbonyl (C=O) groups is 2. The zero-order chi connectivity index (χ0) is 15.7. The van der Waals surface area contributed by atoms with Crippen LogP contribution in [0.5, 0.6) is 0 Å². The fourth-order valence-electron chi connectivity index (χ4n) is 1.94. The van der Waals surface area contributed by atoms with Crippen LogP contribution in [-0.2, 0) is 9.59 Å². The molecule has 0 bridgehead atoms. The van der Waals surface area contributed by atoms with Gasteiger partial charge in [0, 0.05) is 25.6 Å². The molecule has 21 heavy (non-hydrogen) atoms. The topological polar surface area (TPSA) is 84.2 Å². The molecule has 0 saturated heterocycles. The van der Waals surface area contributed by atoms with Gasteiger partial charge in [-0.1, -0.05) is 44.2 Å². The molecule has 2 unspecified atom stereocenters. The number of amides is 2. The summed E-state index contributed by atoms with van der Waals surface area (Å²) in [5.74, 6) is -0.516. The first kappa shape index (κ1) is 17.2. The molecule has 0 fully saturated rings. The maximum Gasteiger partial charge on any atom is 0.224 e. The summed E-state index contributed by atoms with van der Waals surface area (Å²) in [5, 5.41) is 5.53. The van der Waals surface area contributed by atoms with Crippen molar-refractivity contribution in [1.82, 2.24) is 10.6 Å². The van der Waals surface area contributed by atoms with Crippen molar-refractivity contribution in [3.05, 3.63) is 35.9 Å². The van der Waals surface area contributed by atoms with Gasteiger partial charge in [0.1, 0.15) is 0 Å². The van der Waals surface area contributed by atoms with Crippen LogP contribution in [0.4, 0.5) is 0 Å². The van der Waals surface area contributed by atoms with Gasteiger partial charge in [-0.05, 0) is 12.0 Å². The quantitative estimate of drug-likeness (QED) is 0.676. The van der Waals surface area contributed by atoms with Crippen LogP contribution in [0, 0.1) is 5.92 Å². The van der Waals surface area contributed by atoms with Crippen LogP contribution < -0.4 is 16.4 Å². The van der Waals surface area contributed by atoms with Gasteiger partial charge in [0.15, 0.2) is 0 Å². The average molecular weight is 291 g/mol. The van der Waals surface area contributed by atoms with Gasteiger partial charge < -0.3 is 16.4 Å². The van der Waals surface area contributed by atoms with Crippen LogP contribution in [-0.4, -0.2) is 24.9 Å². The third-order valence-electron chi connectivity index (χ3n) is 3.36. The van der Waals surface area contributed by atoms with Crippen molar-refractivity contribution in [2.45, 2.75) is 32.7 Å². The predicted octanol–water partition coefficient (Wildman–Crippen LogP) is 1.36. The van der Waals surface area contributed by atoms with Crippen molar-refractivity contribution in [3.63, 3.8) is 0 Å². The highest BCUT2D eigenvalue weighted by atomic mass is 16.2. The molecule has 116 valence electrons.